The zero-order chi connectivity index (χ0) is 21.2. The second-order valence-electron chi connectivity index (χ2n) is 7.20. The zero-order valence-electron chi connectivity index (χ0n) is 16.4. The minimum atomic E-state index is -3.08. The molecule has 0 spiro atoms. The number of anilines is 1. The molecule has 1 aromatic heterocycles. The van der Waals surface area contributed by atoms with E-state index >= 15 is 0 Å². The molecule has 0 aliphatic carbocycles. The lowest BCUT2D eigenvalue weighted by molar-refractivity contribution is -0.126. The molecule has 11 heteroatoms. The van der Waals surface area contributed by atoms with Crippen molar-refractivity contribution in [2.24, 2.45) is 0 Å². The fourth-order valence-electron chi connectivity index (χ4n) is 3.61. The van der Waals surface area contributed by atoms with Crippen molar-refractivity contribution in [1.29, 1.82) is 0 Å². The highest BCUT2D eigenvalue weighted by Gasteiger charge is 2.44. The van der Waals surface area contributed by atoms with Crippen LogP contribution in [0.5, 0.6) is 5.75 Å². The molecule has 166 valence electrons. The monoisotopic (exact) mass is 466 g/mol. The third-order valence-corrected chi connectivity index (χ3v) is 5.21. The van der Waals surface area contributed by atoms with Gasteiger partial charge in [-0.3, -0.25) is 9.48 Å². The summed E-state index contributed by atoms with van der Waals surface area (Å²) in [4.78, 5) is 13.4. The van der Waals surface area contributed by atoms with Crippen LogP contribution in [0.4, 0.5) is 18.9 Å². The molecule has 2 aromatic rings. The molecule has 0 bridgehead atoms. The highest BCUT2D eigenvalue weighted by atomic mass is 35.5. The molecule has 6 nitrogen and oxygen atoms in total. The van der Waals surface area contributed by atoms with Gasteiger partial charge in [-0.1, -0.05) is 25.4 Å². The second-order valence-corrected chi connectivity index (χ2v) is 7.64. The predicted molar refractivity (Wildman–Crippen MR) is 110 cm³/mol. The molecule has 2 N–H and O–H groups in total. The Morgan fingerprint density at radius 1 is 1.33 bits per heavy atom. The van der Waals surface area contributed by atoms with Gasteiger partial charge in [-0.05, 0) is 44.0 Å². The molecule has 0 unspecified atom stereocenters. The Kier molecular flexibility index (Phi) is 8.01. The van der Waals surface area contributed by atoms with Crippen LogP contribution in [0.2, 0.25) is 5.02 Å². The normalized spacial score (nSPS) is 15.7. The van der Waals surface area contributed by atoms with Gasteiger partial charge in [0.15, 0.2) is 11.6 Å². The second kappa shape index (κ2) is 9.89. The van der Waals surface area contributed by atoms with E-state index < -0.39 is 23.9 Å². The van der Waals surface area contributed by atoms with Gasteiger partial charge in [0, 0.05) is 11.1 Å². The summed E-state index contributed by atoms with van der Waals surface area (Å²) in [5.74, 6) is -1.42. The fraction of sp³-hybridized carbons (Fsp3) is 0.474. The number of piperidine rings is 1. The van der Waals surface area contributed by atoms with Crippen LogP contribution in [-0.4, -0.2) is 35.4 Å². The quantitative estimate of drug-likeness (QED) is 0.655. The van der Waals surface area contributed by atoms with E-state index in [2.05, 4.69) is 20.5 Å². The molecule has 1 saturated heterocycles. The van der Waals surface area contributed by atoms with E-state index in [0.717, 1.165) is 6.20 Å². The summed E-state index contributed by atoms with van der Waals surface area (Å²) in [7, 11) is 0. The van der Waals surface area contributed by atoms with Gasteiger partial charge >= 0.3 is 6.61 Å². The number of carbonyl (C=O) groups is 1. The average molecular weight is 467 g/mol. The van der Waals surface area contributed by atoms with Crippen molar-refractivity contribution < 1.29 is 22.7 Å². The lowest BCUT2D eigenvalue weighted by atomic mass is 9.86. The smallest absolute Gasteiger partial charge is 0.387 e. The van der Waals surface area contributed by atoms with Crippen LogP contribution in [0.25, 0.3) is 0 Å². The summed E-state index contributed by atoms with van der Waals surface area (Å²) in [6, 6.07) is 4.04. The first kappa shape index (κ1) is 24.3. The number of nitrogens with zero attached hydrogens (tertiary/aromatic N) is 2. The minimum Gasteiger partial charge on any atom is -0.433 e. The minimum absolute atomic E-state index is 0. The first-order chi connectivity index (χ1) is 13.7. The Labute approximate surface area is 183 Å². The van der Waals surface area contributed by atoms with E-state index in [4.69, 9.17) is 11.6 Å². The van der Waals surface area contributed by atoms with E-state index in [9.17, 15) is 18.0 Å². The number of nitrogens with one attached hydrogen (secondary N) is 2. The van der Waals surface area contributed by atoms with E-state index in [0.29, 0.717) is 31.6 Å². The number of carbonyl (C=O) groups excluding carboxylic acids is 1. The molecule has 30 heavy (non-hydrogen) atoms. The maximum absolute atomic E-state index is 14.4. The average Bonchev–Trinajstić information content (AvgIpc) is 3.06. The Morgan fingerprint density at radius 2 is 2.00 bits per heavy atom. The van der Waals surface area contributed by atoms with Crippen LogP contribution in [0.3, 0.4) is 0 Å². The largest absolute Gasteiger partial charge is 0.433 e. The predicted octanol–water partition coefficient (Wildman–Crippen LogP) is 4.54. The van der Waals surface area contributed by atoms with Crippen molar-refractivity contribution in [3.63, 3.8) is 0 Å². The zero-order valence-corrected chi connectivity index (χ0v) is 18.0. The molecular weight excluding hydrogens is 444 g/mol. The van der Waals surface area contributed by atoms with Crippen LogP contribution in [0.1, 0.15) is 38.3 Å². The van der Waals surface area contributed by atoms with Gasteiger partial charge in [-0.2, -0.15) is 13.9 Å². The number of hydrogen-bond acceptors (Lipinski definition) is 4. The standard InChI is InChI=1S/C19H22ClF3N4O2.ClH/c1-11(2)16-13(21)10-25-27(16)19(5-7-24-8-6-19)17(28)26-14-4-3-12(20)9-15(14)29-18(22)23;/h3-4,9-11,18,24H,5-8H2,1-2H3,(H,26,28);1H. The number of hydrogen-bond donors (Lipinski definition) is 2. The molecule has 1 aromatic carbocycles. The van der Waals surface area contributed by atoms with Gasteiger partial charge < -0.3 is 15.4 Å². The van der Waals surface area contributed by atoms with Crippen molar-refractivity contribution >= 4 is 35.6 Å². The maximum Gasteiger partial charge on any atom is 0.387 e. The van der Waals surface area contributed by atoms with E-state index in [1.54, 1.807) is 0 Å². The topological polar surface area (TPSA) is 68.2 Å². The van der Waals surface area contributed by atoms with Crippen molar-refractivity contribution in [3.8, 4) is 5.75 Å². The summed E-state index contributed by atoms with van der Waals surface area (Å²) >= 11 is 5.87. The highest BCUT2D eigenvalue weighted by Crippen LogP contribution is 2.36. The molecule has 1 aliphatic rings. The number of alkyl halides is 2. The molecule has 0 atom stereocenters. The number of amides is 1. The van der Waals surface area contributed by atoms with Crippen molar-refractivity contribution in [2.45, 2.75) is 44.8 Å². The van der Waals surface area contributed by atoms with Gasteiger partial charge in [0.25, 0.3) is 5.91 Å². The molecule has 1 fully saturated rings. The number of ether oxygens (including phenoxy) is 1. The summed E-state index contributed by atoms with van der Waals surface area (Å²) in [6.07, 6.45) is 1.82. The first-order valence-electron chi connectivity index (χ1n) is 9.25. The Bertz CT molecular complexity index is 887. The van der Waals surface area contributed by atoms with Crippen LogP contribution in [-0.2, 0) is 10.3 Å². The van der Waals surface area contributed by atoms with Gasteiger partial charge in [0.1, 0.15) is 5.54 Å². The van der Waals surface area contributed by atoms with Gasteiger partial charge in [0.05, 0.1) is 17.6 Å². The maximum atomic E-state index is 14.4. The van der Waals surface area contributed by atoms with E-state index in [1.807, 2.05) is 13.8 Å². The van der Waals surface area contributed by atoms with Crippen LogP contribution < -0.4 is 15.4 Å². The number of aromatic nitrogens is 2. The summed E-state index contributed by atoms with van der Waals surface area (Å²) in [5.41, 5.74) is -0.796. The third-order valence-electron chi connectivity index (χ3n) is 4.97. The molecule has 2 heterocycles. The Morgan fingerprint density at radius 3 is 2.60 bits per heavy atom. The van der Waals surface area contributed by atoms with Crippen LogP contribution >= 0.6 is 24.0 Å². The molecular formula is C19H23Cl2F3N4O2. The van der Waals surface area contributed by atoms with Crippen molar-refractivity contribution in [1.82, 2.24) is 15.1 Å². The van der Waals surface area contributed by atoms with Crippen molar-refractivity contribution in [3.05, 3.63) is 40.9 Å². The molecule has 1 amide bonds. The van der Waals surface area contributed by atoms with E-state index in [1.165, 1.54) is 22.9 Å². The Hall–Kier alpha value is -1.97. The summed E-state index contributed by atoms with van der Waals surface area (Å²) < 4.78 is 45.8. The number of halogens is 5. The first-order valence-corrected chi connectivity index (χ1v) is 9.63. The SMILES string of the molecule is CC(C)c1c(F)cnn1C1(C(=O)Nc2ccc(Cl)cc2OC(F)F)CCNCC1.Cl. The highest BCUT2D eigenvalue weighted by molar-refractivity contribution is 6.30. The van der Waals surface area contributed by atoms with Crippen LogP contribution in [0, 0.1) is 5.82 Å². The molecule has 0 saturated carbocycles. The number of rotatable bonds is 6. The van der Waals surface area contributed by atoms with E-state index in [-0.39, 0.29) is 34.8 Å². The lowest BCUT2D eigenvalue weighted by Gasteiger charge is -2.38. The third kappa shape index (κ3) is 4.84. The molecule has 3 rings (SSSR count). The number of benzene rings is 1. The van der Waals surface area contributed by atoms with Gasteiger partial charge in [-0.25, -0.2) is 4.39 Å². The summed E-state index contributed by atoms with van der Waals surface area (Å²) in [6.45, 7) is 1.60. The van der Waals surface area contributed by atoms with Crippen molar-refractivity contribution in [2.75, 3.05) is 18.4 Å². The van der Waals surface area contributed by atoms with Crippen LogP contribution in [0.15, 0.2) is 24.4 Å². The Balaban J connectivity index is 0.00000320. The molecule has 0 radical (unpaired) electrons. The van der Waals surface area contributed by atoms with Gasteiger partial charge in [-0.15, -0.1) is 12.4 Å². The molecule has 1 aliphatic heterocycles. The van der Waals surface area contributed by atoms with Gasteiger partial charge in [0.2, 0.25) is 0 Å². The summed E-state index contributed by atoms with van der Waals surface area (Å²) in [5, 5.41) is 10.2. The fourth-order valence-corrected chi connectivity index (χ4v) is 3.77. The lowest BCUT2D eigenvalue weighted by Crippen LogP contribution is -2.53.